The van der Waals surface area contributed by atoms with Crippen molar-refractivity contribution >= 4 is 5.97 Å². The molecule has 0 spiro atoms. The fourth-order valence-electron chi connectivity index (χ4n) is 3.99. The third-order valence-corrected chi connectivity index (χ3v) is 5.83. The van der Waals surface area contributed by atoms with Gasteiger partial charge in [0.1, 0.15) is 5.76 Å². The number of carboxylic acids is 1. The van der Waals surface area contributed by atoms with Crippen LogP contribution in [0.4, 0.5) is 0 Å². The third kappa shape index (κ3) is 1.44. The number of rotatable bonds is 2. The Morgan fingerprint density at radius 3 is 2.18 bits per heavy atom. The summed E-state index contributed by atoms with van der Waals surface area (Å²) in [4.78, 5) is 11.0. The van der Waals surface area contributed by atoms with Crippen molar-refractivity contribution < 1.29 is 15.0 Å². The molecule has 3 nitrogen and oxygen atoms in total. The average Bonchev–Trinajstić information content (AvgIpc) is 2.58. The van der Waals surface area contributed by atoms with Crippen LogP contribution in [0, 0.1) is 22.7 Å². The summed E-state index contributed by atoms with van der Waals surface area (Å²) in [5.41, 5.74) is 0.350. The number of carboxylic acid groups (broad SMARTS) is 1. The molecule has 0 aromatic carbocycles. The van der Waals surface area contributed by atoms with Crippen molar-refractivity contribution in [3.05, 3.63) is 11.3 Å². The van der Waals surface area contributed by atoms with Gasteiger partial charge in [0.05, 0.1) is 5.57 Å². The number of hydrogen-bond donors (Lipinski definition) is 2. The van der Waals surface area contributed by atoms with Crippen molar-refractivity contribution in [2.24, 2.45) is 22.7 Å². The molecule has 0 heterocycles. The molecule has 2 fully saturated rings. The first-order valence-electron chi connectivity index (χ1n) is 6.35. The first-order valence-corrected chi connectivity index (χ1v) is 6.35. The highest BCUT2D eigenvalue weighted by atomic mass is 16.4. The number of allylic oxidation sites excluding steroid dienone is 1. The highest BCUT2D eigenvalue weighted by molar-refractivity contribution is 5.86. The summed E-state index contributed by atoms with van der Waals surface area (Å²) in [6.07, 6.45) is 3.23. The molecule has 0 aliphatic heterocycles. The van der Waals surface area contributed by atoms with Crippen LogP contribution in [-0.4, -0.2) is 16.2 Å². The number of aliphatic carboxylic acids is 1. The quantitative estimate of drug-likeness (QED) is 0.573. The average molecular weight is 238 g/mol. The highest BCUT2D eigenvalue weighted by Gasteiger charge is 2.62. The van der Waals surface area contributed by atoms with Crippen LogP contribution in [0.25, 0.3) is 0 Å². The SMILES string of the molecule is CC(C(=O)O)=C(O)C1C[C@H]2CC[C@@]1(C)C2(C)C. The fourth-order valence-corrected chi connectivity index (χ4v) is 3.99. The molecule has 2 saturated carbocycles. The molecular weight excluding hydrogens is 216 g/mol. The van der Waals surface area contributed by atoms with Crippen molar-refractivity contribution in [1.29, 1.82) is 0 Å². The topological polar surface area (TPSA) is 57.5 Å². The molecule has 2 N–H and O–H groups in total. The second kappa shape index (κ2) is 3.50. The van der Waals surface area contributed by atoms with Crippen molar-refractivity contribution in [3.63, 3.8) is 0 Å². The maximum absolute atomic E-state index is 11.0. The Morgan fingerprint density at radius 1 is 1.24 bits per heavy atom. The Hall–Kier alpha value is -0.990. The lowest BCUT2D eigenvalue weighted by Crippen LogP contribution is -2.33. The van der Waals surface area contributed by atoms with Gasteiger partial charge in [0, 0.05) is 5.92 Å². The van der Waals surface area contributed by atoms with E-state index in [9.17, 15) is 9.90 Å². The van der Waals surface area contributed by atoms with E-state index in [1.807, 2.05) is 0 Å². The van der Waals surface area contributed by atoms with Crippen LogP contribution in [0.3, 0.4) is 0 Å². The predicted octanol–water partition coefficient (Wildman–Crippen LogP) is 3.37. The van der Waals surface area contributed by atoms with Gasteiger partial charge in [0.15, 0.2) is 0 Å². The van der Waals surface area contributed by atoms with Gasteiger partial charge in [-0.15, -0.1) is 0 Å². The summed E-state index contributed by atoms with van der Waals surface area (Å²) in [6.45, 7) is 8.22. The van der Waals surface area contributed by atoms with Crippen molar-refractivity contribution in [2.75, 3.05) is 0 Å². The molecule has 0 amide bonds. The molecule has 17 heavy (non-hydrogen) atoms. The van der Waals surface area contributed by atoms with E-state index in [1.54, 1.807) is 0 Å². The highest BCUT2D eigenvalue weighted by Crippen LogP contribution is 2.69. The van der Waals surface area contributed by atoms with E-state index in [2.05, 4.69) is 20.8 Å². The summed E-state index contributed by atoms with van der Waals surface area (Å²) in [7, 11) is 0. The fraction of sp³-hybridized carbons (Fsp3) is 0.786. The minimum atomic E-state index is -1.01. The predicted molar refractivity (Wildman–Crippen MR) is 65.7 cm³/mol. The van der Waals surface area contributed by atoms with Gasteiger partial charge in [-0.2, -0.15) is 0 Å². The van der Waals surface area contributed by atoms with E-state index < -0.39 is 5.97 Å². The smallest absolute Gasteiger partial charge is 0.334 e. The molecule has 0 radical (unpaired) electrons. The number of carbonyl (C=O) groups is 1. The monoisotopic (exact) mass is 238 g/mol. The van der Waals surface area contributed by atoms with Gasteiger partial charge in [-0.25, -0.2) is 4.79 Å². The van der Waals surface area contributed by atoms with Gasteiger partial charge in [-0.3, -0.25) is 0 Å². The van der Waals surface area contributed by atoms with Crippen LogP contribution in [-0.2, 0) is 4.79 Å². The summed E-state index contributed by atoms with van der Waals surface area (Å²) in [5, 5.41) is 19.2. The van der Waals surface area contributed by atoms with Crippen molar-refractivity contribution in [3.8, 4) is 0 Å². The molecule has 2 rings (SSSR count). The van der Waals surface area contributed by atoms with Gasteiger partial charge in [-0.1, -0.05) is 20.8 Å². The molecule has 2 aliphatic rings. The van der Waals surface area contributed by atoms with E-state index in [0.29, 0.717) is 5.92 Å². The van der Waals surface area contributed by atoms with Crippen LogP contribution in [0.15, 0.2) is 11.3 Å². The molecule has 96 valence electrons. The Morgan fingerprint density at radius 2 is 1.82 bits per heavy atom. The molecule has 0 aromatic heterocycles. The molecule has 3 heteroatoms. The molecule has 2 bridgehead atoms. The zero-order chi connectivity index (χ0) is 13.0. The van der Waals surface area contributed by atoms with Crippen LogP contribution >= 0.6 is 0 Å². The number of fused-ring (bicyclic) bond motifs is 2. The van der Waals surface area contributed by atoms with E-state index in [-0.39, 0.29) is 28.1 Å². The lowest BCUT2D eigenvalue weighted by Gasteiger charge is -2.39. The summed E-state index contributed by atoms with van der Waals surface area (Å²) in [6, 6.07) is 0. The van der Waals surface area contributed by atoms with Crippen LogP contribution in [0.5, 0.6) is 0 Å². The van der Waals surface area contributed by atoms with Gasteiger partial charge >= 0.3 is 5.97 Å². The third-order valence-electron chi connectivity index (χ3n) is 5.83. The van der Waals surface area contributed by atoms with E-state index in [4.69, 9.17) is 5.11 Å². The largest absolute Gasteiger partial charge is 0.511 e. The van der Waals surface area contributed by atoms with Crippen LogP contribution in [0.1, 0.15) is 47.0 Å². The minimum Gasteiger partial charge on any atom is -0.511 e. The van der Waals surface area contributed by atoms with Crippen LogP contribution in [0.2, 0.25) is 0 Å². The number of aliphatic hydroxyl groups is 1. The Labute approximate surface area is 103 Å². The molecule has 0 aromatic rings. The first kappa shape index (κ1) is 12.5. The lowest BCUT2D eigenvalue weighted by molar-refractivity contribution is -0.132. The van der Waals surface area contributed by atoms with E-state index in [1.165, 1.54) is 13.3 Å². The standard InChI is InChI=1S/C14H22O3/c1-8(12(16)17)11(15)10-7-9-5-6-14(10,4)13(9,2)3/h9-10,15H,5-7H2,1-4H3,(H,16,17)/t9-,10?,14-/m1/s1. The summed E-state index contributed by atoms with van der Waals surface area (Å²) < 4.78 is 0. The van der Waals surface area contributed by atoms with Gasteiger partial charge in [-0.05, 0) is 42.9 Å². The summed E-state index contributed by atoms with van der Waals surface area (Å²) >= 11 is 0. The second-order valence-corrected chi connectivity index (χ2v) is 6.48. The lowest BCUT2D eigenvalue weighted by atomic mass is 9.66. The maximum Gasteiger partial charge on any atom is 0.334 e. The molecule has 2 aliphatic carbocycles. The Kier molecular flexibility index (Phi) is 2.57. The van der Waals surface area contributed by atoms with Crippen molar-refractivity contribution in [1.82, 2.24) is 0 Å². The molecule has 3 atom stereocenters. The van der Waals surface area contributed by atoms with E-state index in [0.717, 1.165) is 12.8 Å². The molecule has 1 unspecified atom stereocenters. The Bertz CT molecular complexity index is 394. The zero-order valence-electron chi connectivity index (χ0n) is 11.1. The number of hydrogen-bond acceptors (Lipinski definition) is 2. The Balaban J connectivity index is 2.39. The van der Waals surface area contributed by atoms with Crippen LogP contribution < -0.4 is 0 Å². The number of aliphatic hydroxyl groups excluding tert-OH is 1. The molecular formula is C14H22O3. The normalized spacial score (nSPS) is 40.2. The maximum atomic E-state index is 11.0. The second-order valence-electron chi connectivity index (χ2n) is 6.48. The zero-order valence-corrected chi connectivity index (χ0v) is 11.1. The van der Waals surface area contributed by atoms with Gasteiger partial charge in [0.25, 0.3) is 0 Å². The minimum absolute atomic E-state index is 0.0207. The van der Waals surface area contributed by atoms with E-state index >= 15 is 0 Å². The van der Waals surface area contributed by atoms with Gasteiger partial charge in [0.2, 0.25) is 0 Å². The summed E-state index contributed by atoms with van der Waals surface area (Å²) in [5.74, 6) is -0.268. The first-order chi connectivity index (χ1) is 7.72. The molecule has 0 saturated heterocycles. The van der Waals surface area contributed by atoms with Gasteiger partial charge < -0.3 is 10.2 Å². The van der Waals surface area contributed by atoms with Crippen molar-refractivity contribution in [2.45, 2.75) is 47.0 Å².